The summed E-state index contributed by atoms with van der Waals surface area (Å²) in [4.78, 5) is 34.8. The van der Waals surface area contributed by atoms with Gasteiger partial charge < -0.3 is 14.1 Å². The van der Waals surface area contributed by atoms with Gasteiger partial charge >= 0.3 is 5.97 Å². The van der Waals surface area contributed by atoms with E-state index in [9.17, 15) is 9.59 Å². The molecular weight excluding hydrogens is 382 g/mol. The Morgan fingerprint density at radius 3 is 2.54 bits per heavy atom. The average molecular weight is 400 g/mol. The van der Waals surface area contributed by atoms with Gasteiger partial charge in [-0.2, -0.15) is 0 Å². The number of rotatable bonds is 7. The molecule has 0 unspecified atom stereocenters. The van der Waals surface area contributed by atoms with Crippen molar-refractivity contribution < 1.29 is 18.7 Å². The lowest BCUT2D eigenvalue weighted by Crippen LogP contribution is -2.36. The molecule has 0 bridgehead atoms. The Balaban J connectivity index is 1.93. The normalized spacial score (nSPS) is 10.5. The average Bonchev–Trinajstić information content (AvgIpc) is 3.18. The molecule has 3 rings (SSSR count). The monoisotopic (exact) mass is 399 g/mol. The molecule has 0 saturated heterocycles. The summed E-state index contributed by atoms with van der Waals surface area (Å²) in [6.45, 7) is -0.134. The zero-order chi connectivity index (χ0) is 19.9. The van der Waals surface area contributed by atoms with Crippen LogP contribution in [0.1, 0.15) is 21.9 Å². The molecule has 0 aliphatic carbocycles. The summed E-state index contributed by atoms with van der Waals surface area (Å²) in [5.41, 5.74) is 1.41. The number of ether oxygens (including phenoxy) is 1. The van der Waals surface area contributed by atoms with E-state index >= 15 is 0 Å². The molecule has 0 atom stereocenters. The van der Waals surface area contributed by atoms with E-state index in [1.807, 2.05) is 30.3 Å². The number of hydrogen-bond donors (Lipinski definition) is 0. The van der Waals surface area contributed by atoms with Crippen LogP contribution < -0.4 is 0 Å². The summed E-state index contributed by atoms with van der Waals surface area (Å²) in [5, 5.41) is 0. The third-order valence-corrected chi connectivity index (χ3v) is 4.20. The van der Waals surface area contributed by atoms with E-state index in [-0.39, 0.29) is 36.3 Å². The minimum atomic E-state index is -0.552. The molecule has 0 saturated carbocycles. The van der Waals surface area contributed by atoms with Crippen molar-refractivity contribution in [2.45, 2.75) is 12.4 Å². The van der Waals surface area contributed by atoms with Gasteiger partial charge in [-0.3, -0.25) is 14.6 Å². The van der Waals surface area contributed by atoms with Crippen molar-refractivity contribution in [3.8, 4) is 11.5 Å². The SMILES string of the molecule is COC(=O)CN(Cc1ccccn1)C(=O)c1nc(-c2ccccc2)oc1CCl. The number of esters is 1. The molecule has 0 N–H and O–H groups in total. The van der Waals surface area contributed by atoms with Crippen LogP contribution in [0.2, 0.25) is 0 Å². The van der Waals surface area contributed by atoms with E-state index in [0.29, 0.717) is 5.69 Å². The van der Waals surface area contributed by atoms with Gasteiger partial charge in [0.15, 0.2) is 11.5 Å². The standard InChI is InChI=1S/C20H18ClN3O4/c1-27-17(25)13-24(12-15-9-5-6-10-22-15)20(26)18-16(11-21)28-19(23-18)14-7-3-2-4-8-14/h2-10H,11-13H2,1H3. The highest BCUT2D eigenvalue weighted by atomic mass is 35.5. The van der Waals surface area contributed by atoms with Crippen molar-refractivity contribution in [3.05, 3.63) is 71.9 Å². The molecule has 1 aromatic carbocycles. The number of nitrogens with zero attached hydrogens (tertiary/aromatic N) is 3. The first-order valence-electron chi connectivity index (χ1n) is 8.49. The predicted octanol–water partition coefficient (Wildman–Crippen LogP) is 3.29. The zero-order valence-corrected chi connectivity index (χ0v) is 15.9. The number of pyridine rings is 1. The predicted molar refractivity (Wildman–Crippen MR) is 102 cm³/mol. The Morgan fingerprint density at radius 2 is 1.89 bits per heavy atom. The van der Waals surface area contributed by atoms with Crippen molar-refractivity contribution in [2.24, 2.45) is 0 Å². The number of alkyl halides is 1. The number of carbonyl (C=O) groups is 2. The highest BCUT2D eigenvalue weighted by Crippen LogP contribution is 2.24. The summed E-state index contributed by atoms with van der Waals surface area (Å²) < 4.78 is 10.4. The number of carbonyl (C=O) groups excluding carboxylic acids is 2. The zero-order valence-electron chi connectivity index (χ0n) is 15.2. The minimum Gasteiger partial charge on any atom is -0.468 e. The molecule has 0 aliphatic rings. The van der Waals surface area contributed by atoms with Crippen LogP contribution in [0.15, 0.2) is 59.1 Å². The number of aromatic nitrogens is 2. The molecule has 3 aromatic rings. The fourth-order valence-corrected chi connectivity index (χ4v) is 2.75. The van der Waals surface area contributed by atoms with Gasteiger partial charge in [-0.05, 0) is 24.3 Å². The molecule has 8 heteroatoms. The smallest absolute Gasteiger partial charge is 0.325 e. The van der Waals surface area contributed by atoms with Gasteiger partial charge in [0.1, 0.15) is 6.54 Å². The molecule has 0 fully saturated rings. The molecule has 28 heavy (non-hydrogen) atoms. The largest absolute Gasteiger partial charge is 0.468 e. The molecule has 0 aliphatic heterocycles. The molecule has 2 heterocycles. The summed E-state index contributed by atoms with van der Waals surface area (Å²) in [7, 11) is 1.26. The highest BCUT2D eigenvalue weighted by molar-refractivity contribution is 6.17. The number of methoxy groups -OCH3 is 1. The minimum absolute atomic E-state index is 0.0312. The Labute approximate surface area is 166 Å². The first-order chi connectivity index (χ1) is 13.6. The van der Waals surface area contributed by atoms with E-state index in [1.54, 1.807) is 24.4 Å². The van der Waals surface area contributed by atoms with Crippen LogP contribution in [-0.4, -0.2) is 40.4 Å². The molecule has 0 spiro atoms. The molecule has 144 valence electrons. The van der Waals surface area contributed by atoms with Crippen LogP contribution in [0, 0.1) is 0 Å². The quantitative estimate of drug-likeness (QED) is 0.447. The van der Waals surface area contributed by atoms with Crippen LogP contribution in [0.4, 0.5) is 0 Å². The van der Waals surface area contributed by atoms with E-state index < -0.39 is 11.9 Å². The maximum atomic E-state index is 13.1. The second kappa shape index (κ2) is 9.14. The molecule has 2 aromatic heterocycles. The number of amides is 1. The van der Waals surface area contributed by atoms with Crippen LogP contribution in [0.5, 0.6) is 0 Å². The van der Waals surface area contributed by atoms with Gasteiger partial charge in [0.05, 0.1) is 25.2 Å². The fourth-order valence-electron chi connectivity index (χ4n) is 2.57. The van der Waals surface area contributed by atoms with Gasteiger partial charge in [0.25, 0.3) is 5.91 Å². The van der Waals surface area contributed by atoms with E-state index in [4.69, 9.17) is 20.8 Å². The Hall–Kier alpha value is -3.19. The van der Waals surface area contributed by atoms with E-state index in [2.05, 4.69) is 9.97 Å². The number of hydrogen-bond acceptors (Lipinski definition) is 6. The summed E-state index contributed by atoms with van der Waals surface area (Å²) in [6, 6.07) is 14.5. The molecule has 7 nitrogen and oxygen atoms in total. The molecule has 1 amide bonds. The van der Waals surface area contributed by atoms with Crippen molar-refractivity contribution in [1.29, 1.82) is 0 Å². The summed E-state index contributed by atoms with van der Waals surface area (Å²) in [6.07, 6.45) is 1.62. The highest BCUT2D eigenvalue weighted by Gasteiger charge is 2.27. The number of benzene rings is 1. The Kier molecular flexibility index (Phi) is 6.39. The van der Waals surface area contributed by atoms with Crippen LogP contribution in [0.3, 0.4) is 0 Å². The Morgan fingerprint density at radius 1 is 1.14 bits per heavy atom. The van der Waals surface area contributed by atoms with E-state index in [1.165, 1.54) is 12.0 Å². The lowest BCUT2D eigenvalue weighted by Gasteiger charge is -2.20. The van der Waals surface area contributed by atoms with Crippen LogP contribution in [0.25, 0.3) is 11.5 Å². The number of halogens is 1. The Bertz CT molecular complexity index is 945. The van der Waals surface area contributed by atoms with Crippen molar-refractivity contribution in [2.75, 3.05) is 13.7 Å². The van der Waals surface area contributed by atoms with Crippen molar-refractivity contribution >= 4 is 23.5 Å². The summed E-state index contributed by atoms with van der Waals surface area (Å²) in [5.74, 6) is -0.547. The lowest BCUT2D eigenvalue weighted by molar-refractivity contribution is -0.141. The topological polar surface area (TPSA) is 85.5 Å². The maximum Gasteiger partial charge on any atom is 0.325 e. The summed E-state index contributed by atoms with van der Waals surface area (Å²) >= 11 is 5.97. The third kappa shape index (κ3) is 4.55. The van der Waals surface area contributed by atoms with Gasteiger partial charge in [0.2, 0.25) is 5.89 Å². The molecular formula is C20H18ClN3O4. The number of oxazole rings is 1. The van der Waals surface area contributed by atoms with Gasteiger partial charge in [0, 0.05) is 11.8 Å². The van der Waals surface area contributed by atoms with Crippen molar-refractivity contribution in [3.63, 3.8) is 0 Å². The van der Waals surface area contributed by atoms with Crippen LogP contribution >= 0.6 is 11.6 Å². The van der Waals surface area contributed by atoms with Crippen LogP contribution in [-0.2, 0) is 22.0 Å². The van der Waals surface area contributed by atoms with E-state index in [0.717, 1.165) is 5.56 Å². The van der Waals surface area contributed by atoms with Crippen molar-refractivity contribution in [1.82, 2.24) is 14.9 Å². The second-order valence-corrected chi connectivity index (χ2v) is 6.12. The molecule has 0 radical (unpaired) electrons. The van der Waals surface area contributed by atoms with Gasteiger partial charge in [-0.25, -0.2) is 4.98 Å². The van der Waals surface area contributed by atoms with Gasteiger partial charge in [-0.1, -0.05) is 24.3 Å². The second-order valence-electron chi connectivity index (χ2n) is 5.85. The first-order valence-corrected chi connectivity index (χ1v) is 9.03. The maximum absolute atomic E-state index is 13.1. The fraction of sp³-hybridized carbons (Fsp3) is 0.200. The first kappa shape index (κ1) is 19.6. The third-order valence-electron chi connectivity index (χ3n) is 3.96. The lowest BCUT2D eigenvalue weighted by atomic mass is 10.2. The van der Waals surface area contributed by atoms with Gasteiger partial charge in [-0.15, -0.1) is 11.6 Å².